The van der Waals surface area contributed by atoms with Crippen LogP contribution >= 0.6 is 0 Å². The third kappa shape index (κ3) is 63.0. The van der Waals surface area contributed by atoms with Gasteiger partial charge in [-0.3, -0.25) is 14.4 Å². The Balaban J connectivity index is 4.07. The molecule has 1 unspecified atom stereocenters. The zero-order valence-corrected chi connectivity index (χ0v) is 51.8. The Bertz CT molecular complexity index is 1180. The first kappa shape index (κ1) is 74.2. The van der Waals surface area contributed by atoms with E-state index in [1.807, 2.05) is 0 Å². The third-order valence-electron chi connectivity index (χ3n) is 16.0. The van der Waals surface area contributed by atoms with Crippen LogP contribution in [0.4, 0.5) is 0 Å². The predicted molar refractivity (Wildman–Crippen MR) is 330 cm³/mol. The fourth-order valence-electron chi connectivity index (χ4n) is 10.8. The Morgan fingerprint density at radius 2 is 0.434 bits per heavy atom. The summed E-state index contributed by atoms with van der Waals surface area (Å²) in [7, 11) is 0. The number of unbranched alkanes of at least 4 members (excludes halogenated alkanes) is 52. The van der Waals surface area contributed by atoms with Crippen molar-refractivity contribution in [3.63, 3.8) is 0 Å². The van der Waals surface area contributed by atoms with Gasteiger partial charge in [0.05, 0.1) is 0 Å². The van der Waals surface area contributed by atoms with E-state index in [1.54, 1.807) is 0 Å². The van der Waals surface area contributed by atoms with Crippen LogP contribution in [-0.4, -0.2) is 37.2 Å². The third-order valence-corrected chi connectivity index (χ3v) is 16.0. The van der Waals surface area contributed by atoms with Crippen molar-refractivity contribution in [3.05, 3.63) is 12.2 Å². The average molecular weight is 1070 g/mol. The van der Waals surface area contributed by atoms with Gasteiger partial charge >= 0.3 is 17.9 Å². The lowest BCUT2D eigenvalue weighted by Crippen LogP contribution is -2.30. The van der Waals surface area contributed by atoms with Crippen molar-refractivity contribution in [2.24, 2.45) is 0 Å². The molecule has 6 nitrogen and oxygen atoms in total. The number of rotatable bonds is 65. The van der Waals surface area contributed by atoms with Gasteiger partial charge in [-0.2, -0.15) is 0 Å². The summed E-state index contributed by atoms with van der Waals surface area (Å²) in [6.45, 7) is 6.69. The number of ether oxygens (including phenoxy) is 3. The van der Waals surface area contributed by atoms with E-state index in [-0.39, 0.29) is 31.1 Å². The predicted octanol–water partition coefficient (Wildman–Crippen LogP) is 23.6. The summed E-state index contributed by atoms with van der Waals surface area (Å²) in [4.78, 5) is 38.3. The van der Waals surface area contributed by atoms with Crippen LogP contribution in [0.3, 0.4) is 0 Å². The van der Waals surface area contributed by atoms with Crippen LogP contribution in [0.25, 0.3) is 0 Å². The zero-order chi connectivity index (χ0) is 55.0. The van der Waals surface area contributed by atoms with Crippen molar-refractivity contribution in [1.82, 2.24) is 0 Å². The molecule has 6 heteroatoms. The normalized spacial score (nSPS) is 12.0. The summed E-state index contributed by atoms with van der Waals surface area (Å²) in [5.41, 5.74) is 0. The molecule has 0 aromatic carbocycles. The average Bonchev–Trinajstić information content (AvgIpc) is 3.42. The molecule has 0 aliphatic rings. The highest BCUT2D eigenvalue weighted by atomic mass is 16.6. The van der Waals surface area contributed by atoms with Gasteiger partial charge in [0.15, 0.2) is 6.10 Å². The van der Waals surface area contributed by atoms with Crippen molar-refractivity contribution in [2.45, 2.75) is 406 Å². The van der Waals surface area contributed by atoms with Gasteiger partial charge in [-0.1, -0.05) is 348 Å². The molecule has 0 aliphatic heterocycles. The van der Waals surface area contributed by atoms with E-state index in [0.29, 0.717) is 19.3 Å². The molecule has 0 aliphatic carbocycles. The fourth-order valence-corrected chi connectivity index (χ4v) is 10.8. The van der Waals surface area contributed by atoms with Crippen molar-refractivity contribution in [3.8, 4) is 0 Å². The SMILES string of the molecule is CCCCCC/C=C\CCCCCCCC(=O)OCC(COC(=O)CCCCCCCCCCCCCCCCCCCCCCCCCCCCCCCCC)OC(=O)CCCCCCCCCCCCCCCC. The van der Waals surface area contributed by atoms with E-state index in [2.05, 4.69) is 32.9 Å². The first-order valence-electron chi connectivity index (χ1n) is 34.7. The second-order valence-electron chi connectivity index (χ2n) is 23.8. The molecule has 0 N–H and O–H groups in total. The zero-order valence-electron chi connectivity index (χ0n) is 51.8. The molecule has 0 radical (unpaired) electrons. The summed E-state index contributed by atoms with van der Waals surface area (Å²) in [5.74, 6) is -0.845. The second-order valence-corrected chi connectivity index (χ2v) is 23.8. The van der Waals surface area contributed by atoms with E-state index < -0.39 is 6.10 Å². The van der Waals surface area contributed by atoms with E-state index in [9.17, 15) is 14.4 Å². The molecule has 0 spiro atoms. The Labute approximate surface area is 475 Å². The van der Waals surface area contributed by atoms with Crippen LogP contribution in [0.2, 0.25) is 0 Å². The molecular weight excluding hydrogens is 937 g/mol. The van der Waals surface area contributed by atoms with E-state index >= 15 is 0 Å². The molecule has 0 aromatic heterocycles. The number of carbonyl (C=O) groups excluding carboxylic acids is 3. The van der Waals surface area contributed by atoms with Crippen LogP contribution in [0.1, 0.15) is 400 Å². The van der Waals surface area contributed by atoms with Gasteiger partial charge in [0, 0.05) is 19.3 Å². The molecule has 0 aromatic rings. The van der Waals surface area contributed by atoms with Gasteiger partial charge < -0.3 is 14.2 Å². The summed E-state index contributed by atoms with van der Waals surface area (Å²) in [6, 6.07) is 0. The lowest BCUT2D eigenvalue weighted by atomic mass is 10.0. The molecule has 0 fully saturated rings. The highest BCUT2D eigenvalue weighted by Gasteiger charge is 2.19. The minimum absolute atomic E-state index is 0.0661. The summed E-state index contributed by atoms with van der Waals surface area (Å²) >= 11 is 0. The highest BCUT2D eigenvalue weighted by molar-refractivity contribution is 5.71. The molecule has 0 saturated heterocycles. The van der Waals surface area contributed by atoms with Gasteiger partial charge in [0.1, 0.15) is 13.2 Å². The van der Waals surface area contributed by atoms with E-state index in [0.717, 1.165) is 64.2 Å². The lowest BCUT2D eigenvalue weighted by molar-refractivity contribution is -0.167. The summed E-state index contributed by atoms with van der Waals surface area (Å²) in [5, 5.41) is 0. The van der Waals surface area contributed by atoms with Gasteiger partial charge in [-0.15, -0.1) is 0 Å². The Kier molecular flexibility index (Phi) is 64.1. The first-order valence-corrected chi connectivity index (χ1v) is 34.7. The van der Waals surface area contributed by atoms with Crippen molar-refractivity contribution < 1.29 is 28.6 Å². The maximum atomic E-state index is 12.9. The van der Waals surface area contributed by atoms with E-state index in [1.165, 1.54) is 295 Å². The maximum absolute atomic E-state index is 12.9. The van der Waals surface area contributed by atoms with E-state index in [4.69, 9.17) is 14.2 Å². The lowest BCUT2D eigenvalue weighted by Gasteiger charge is -2.18. The largest absolute Gasteiger partial charge is 0.462 e. The molecule has 0 heterocycles. The molecule has 1 atom stereocenters. The van der Waals surface area contributed by atoms with Crippen LogP contribution in [0, 0.1) is 0 Å². The number of esters is 3. The molecule has 450 valence electrons. The summed E-state index contributed by atoms with van der Waals surface area (Å²) < 4.78 is 16.9. The topological polar surface area (TPSA) is 78.9 Å². The standard InChI is InChI=1S/C70H134O6/c1-4-7-10-13-16-19-22-25-27-28-29-30-31-32-33-34-35-36-37-38-39-40-41-42-43-46-48-51-54-57-60-63-69(72)75-66-67(65-74-68(71)62-59-56-53-50-47-44-24-21-18-15-12-9-6-3)76-70(73)64-61-58-55-52-49-45-26-23-20-17-14-11-8-5-2/h21,24,67H,4-20,22-23,25-66H2,1-3H3/b24-21-. The molecule has 0 rings (SSSR count). The molecule has 0 bridgehead atoms. The van der Waals surface area contributed by atoms with Crippen LogP contribution in [0.5, 0.6) is 0 Å². The molecule has 0 saturated carbocycles. The number of hydrogen-bond acceptors (Lipinski definition) is 6. The van der Waals surface area contributed by atoms with Gasteiger partial charge in [0.2, 0.25) is 0 Å². The highest BCUT2D eigenvalue weighted by Crippen LogP contribution is 2.19. The Morgan fingerprint density at radius 3 is 0.671 bits per heavy atom. The fraction of sp³-hybridized carbons (Fsp3) is 0.929. The minimum Gasteiger partial charge on any atom is -0.462 e. The smallest absolute Gasteiger partial charge is 0.306 e. The molecular formula is C70H134O6. The van der Waals surface area contributed by atoms with Gasteiger partial charge in [0.25, 0.3) is 0 Å². The quantitative estimate of drug-likeness (QED) is 0.0261. The number of carbonyl (C=O) groups is 3. The summed E-state index contributed by atoms with van der Waals surface area (Å²) in [6.07, 6.45) is 78.3. The maximum Gasteiger partial charge on any atom is 0.306 e. The molecule has 0 amide bonds. The van der Waals surface area contributed by atoms with Crippen LogP contribution < -0.4 is 0 Å². The number of hydrogen-bond donors (Lipinski definition) is 0. The van der Waals surface area contributed by atoms with Crippen molar-refractivity contribution >= 4 is 17.9 Å². The monoisotopic (exact) mass is 1070 g/mol. The van der Waals surface area contributed by atoms with Crippen LogP contribution in [0.15, 0.2) is 12.2 Å². The molecule has 76 heavy (non-hydrogen) atoms. The van der Waals surface area contributed by atoms with Crippen molar-refractivity contribution in [1.29, 1.82) is 0 Å². The van der Waals surface area contributed by atoms with Crippen LogP contribution in [-0.2, 0) is 28.6 Å². The number of allylic oxidation sites excluding steroid dienone is 2. The van der Waals surface area contributed by atoms with Gasteiger partial charge in [-0.25, -0.2) is 0 Å². The Morgan fingerprint density at radius 1 is 0.250 bits per heavy atom. The van der Waals surface area contributed by atoms with Crippen molar-refractivity contribution in [2.75, 3.05) is 13.2 Å². The first-order chi connectivity index (χ1) is 37.5. The second kappa shape index (κ2) is 65.7. The van der Waals surface area contributed by atoms with Gasteiger partial charge in [-0.05, 0) is 44.9 Å². The Hall–Kier alpha value is -1.85. The minimum atomic E-state index is -0.768.